The second-order valence-electron chi connectivity index (χ2n) is 1.94. The van der Waals surface area contributed by atoms with Gasteiger partial charge in [0.25, 0.3) is 0 Å². The Labute approximate surface area is 68.1 Å². The molecule has 0 fully saturated rings. The zero-order valence-electron chi connectivity index (χ0n) is 5.70. The van der Waals surface area contributed by atoms with E-state index >= 15 is 0 Å². The fourth-order valence-electron chi connectivity index (χ4n) is 0.642. The van der Waals surface area contributed by atoms with Crippen LogP contribution in [0.5, 0.6) is 0 Å². The summed E-state index contributed by atoms with van der Waals surface area (Å²) in [5, 5.41) is 10.1. The number of hydrogen-bond donors (Lipinski definition) is 1. The molecule has 0 spiro atoms. The third kappa shape index (κ3) is 1.64. The van der Waals surface area contributed by atoms with E-state index in [0.29, 0.717) is 10.4 Å². The molecule has 3 nitrogen and oxygen atoms in total. The molecule has 0 unspecified atom stereocenters. The van der Waals surface area contributed by atoms with E-state index < -0.39 is 0 Å². The molecule has 0 amide bonds. The van der Waals surface area contributed by atoms with Crippen molar-refractivity contribution < 1.29 is 4.79 Å². The Bertz CT molecular complexity index is 310. The maximum Gasteiger partial charge on any atom is 0.186 e. The highest BCUT2D eigenvalue weighted by atomic mass is 32.1. The number of thiophene rings is 1. The summed E-state index contributed by atoms with van der Waals surface area (Å²) < 4.78 is 0. The first-order valence-corrected chi connectivity index (χ1v) is 3.88. The van der Waals surface area contributed by atoms with Crippen LogP contribution in [0, 0.1) is 11.3 Å². The summed E-state index contributed by atoms with van der Waals surface area (Å²) in [6.07, 6.45) is 0. The van der Waals surface area contributed by atoms with Crippen molar-refractivity contribution >= 4 is 17.1 Å². The standard InChI is InChI=1S/C7H6N2OS/c8-2-5-1-7(11-4-5)6(10)3-9/h1,4H,3,9H2. The number of carbonyl (C=O) groups excluding carboxylic acids is 1. The van der Waals surface area contributed by atoms with Crippen molar-refractivity contribution in [1.82, 2.24) is 0 Å². The number of nitrogens with two attached hydrogens (primary N) is 1. The Morgan fingerprint density at radius 1 is 1.82 bits per heavy atom. The largest absolute Gasteiger partial charge is 0.324 e. The van der Waals surface area contributed by atoms with Crippen molar-refractivity contribution in [3.05, 3.63) is 21.9 Å². The highest BCUT2D eigenvalue weighted by Gasteiger charge is 2.05. The molecule has 0 aromatic carbocycles. The number of rotatable bonds is 2. The van der Waals surface area contributed by atoms with Crippen molar-refractivity contribution in [3.63, 3.8) is 0 Å². The summed E-state index contributed by atoms with van der Waals surface area (Å²) in [5.41, 5.74) is 5.65. The topological polar surface area (TPSA) is 66.9 Å². The van der Waals surface area contributed by atoms with Crippen LogP contribution in [0.15, 0.2) is 11.4 Å². The molecule has 56 valence electrons. The summed E-state index contributed by atoms with van der Waals surface area (Å²) in [5.74, 6) is -0.114. The molecule has 0 aliphatic rings. The third-order valence-electron chi connectivity index (χ3n) is 1.19. The van der Waals surface area contributed by atoms with E-state index in [1.807, 2.05) is 6.07 Å². The highest BCUT2D eigenvalue weighted by Crippen LogP contribution is 2.13. The molecule has 0 bridgehead atoms. The van der Waals surface area contributed by atoms with Crippen LogP contribution in [0.2, 0.25) is 0 Å². The molecule has 0 atom stereocenters. The van der Waals surface area contributed by atoms with E-state index in [0.717, 1.165) is 0 Å². The van der Waals surface area contributed by atoms with Crippen molar-refractivity contribution in [1.29, 1.82) is 5.26 Å². The van der Waals surface area contributed by atoms with Crippen LogP contribution in [0.3, 0.4) is 0 Å². The molecule has 4 heteroatoms. The maximum atomic E-state index is 10.9. The Morgan fingerprint density at radius 2 is 2.55 bits per heavy atom. The summed E-state index contributed by atoms with van der Waals surface area (Å²) in [6, 6.07) is 3.50. The lowest BCUT2D eigenvalue weighted by atomic mass is 10.3. The lowest BCUT2D eigenvalue weighted by Gasteiger charge is -1.87. The molecule has 1 aromatic heterocycles. The number of nitrogens with zero attached hydrogens (tertiary/aromatic N) is 1. The summed E-state index contributed by atoms with van der Waals surface area (Å²) in [4.78, 5) is 11.5. The van der Waals surface area contributed by atoms with E-state index in [-0.39, 0.29) is 12.3 Å². The zero-order chi connectivity index (χ0) is 8.27. The van der Waals surface area contributed by atoms with Crippen LogP contribution in [-0.4, -0.2) is 12.3 Å². The molecular formula is C7H6N2OS. The minimum absolute atomic E-state index is 0.00534. The Kier molecular flexibility index (Phi) is 2.36. The summed E-state index contributed by atoms with van der Waals surface area (Å²) in [7, 11) is 0. The van der Waals surface area contributed by atoms with Crippen molar-refractivity contribution in [3.8, 4) is 6.07 Å². The molecule has 1 aromatic rings. The van der Waals surface area contributed by atoms with Gasteiger partial charge in [-0.1, -0.05) is 0 Å². The van der Waals surface area contributed by atoms with E-state index in [4.69, 9.17) is 11.0 Å². The van der Waals surface area contributed by atoms with Crippen LogP contribution in [0.25, 0.3) is 0 Å². The smallest absolute Gasteiger partial charge is 0.186 e. The predicted octanol–water partition coefficient (Wildman–Crippen LogP) is 0.761. The summed E-state index contributed by atoms with van der Waals surface area (Å²) in [6.45, 7) is 0.00534. The van der Waals surface area contributed by atoms with Crippen molar-refractivity contribution in [2.45, 2.75) is 0 Å². The van der Waals surface area contributed by atoms with Crippen molar-refractivity contribution in [2.75, 3.05) is 6.54 Å². The Hall–Kier alpha value is -1.18. The first-order chi connectivity index (χ1) is 5.27. The van der Waals surface area contributed by atoms with E-state index in [1.165, 1.54) is 11.3 Å². The average molecular weight is 166 g/mol. The number of nitriles is 1. The predicted molar refractivity (Wildman–Crippen MR) is 42.4 cm³/mol. The normalized spacial score (nSPS) is 9.09. The van der Waals surface area contributed by atoms with Gasteiger partial charge >= 0.3 is 0 Å². The Balaban J connectivity index is 2.91. The van der Waals surface area contributed by atoms with E-state index in [1.54, 1.807) is 11.4 Å². The summed E-state index contributed by atoms with van der Waals surface area (Å²) >= 11 is 1.25. The first-order valence-electron chi connectivity index (χ1n) is 3.00. The minimum Gasteiger partial charge on any atom is -0.324 e. The van der Waals surface area contributed by atoms with Gasteiger partial charge in [-0.15, -0.1) is 11.3 Å². The van der Waals surface area contributed by atoms with Gasteiger partial charge in [-0.05, 0) is 6.07 Å². The van der Waals surface area contributed by atoms with E-state index in [2.05, 4.69) is 0 Å². The van der Waals surface area contributed by atoms with Gasteiger partial charge in [0.15, 0.2) is 5.78 Å². The molecule has 0 aliphatic carbocycles. The van der Waals surface area contributed by atoms with Crippen molar-refractivity contribution in [2.24, 2.45) is 5.73 Å². The molecule has 0 radical (unpaired) electrons. The lowest BCUT2D eigenvalue weighted by molar-refractivity contribution is 0.100. The number of hydrogen-bond acceptors (Lipinski definition) is 4. The molecule has 1 heterocycles. The van der Waals surface area contributed by atoms with Crippen LogP contribution in [0.1, 0.15) is 15.2 Å². The Morgan fingerprint density at radius 3 is 3.00 bits per heavy atom. The highest BCUT2D eigenvalue weighted by molar-refractivity contribution is 7.12. The van der Waals surface area contributed by atoms with Crippen LogP contribution in [-0.2, 0) is 0 Å². The fourth-order valence-corrected chi connectivity index (χ4v) is 1.43. The molecule has 2 N–H and O–H groups in total. The van der Waals surface area contributed by atoms with Gasteiger partial charge in [0.1, 0.15) is 6.07 Å². The third-order valence-corrected chi connectivity index (χ3v) is 2.16. The minimum atomic E-state index is -0.114. The van der Waals surface area contributed by atoms with Gasteiger partial charge in [-0.2, -0.15) is 5.26 Å². The van der Waals surface area contributed by atoms with Gasteiger partial charge in [-0.25, -0.2) is 0 Å². The zero-order valence-corrected chi connectivity index (χ0v) is 6.52. The maximum absolute atomic E-state index is 10.9. The molecule has 0 saturated carbocycles. The SMILES string of the molecule is N#Cc1csc(C(=O)CN)c1. The number of Topliss-reactive ketones (excluding diaryl/α,β-unsaturated/α-hetero) is 1. The number of ketones is 1. The molecular weight excluding hydrogens is 160 g/mol. The first kappa shape index (κ1) is 7.92. The van der Waals surface area contributed by atoms with Crippen LogP contribution >= 0.6 is 11.3 Å². The van der Waals surface area contributed by atoms with Gasteiger partial charge in [0.2, 0.25) is 0 Å². The molecule has 11 heavy (non-hydrogen) atoms. The van der Waals surface area contributed by atoms with Crippen LogP contribution < -0.4 is 5.73 Å². The van der Waals surface area contributed by atoms with Gasteiger partial charge in [0, 0.05) is 5.38 Å². The molecule has 0 aliphatic heterocycles. The number of carbonyl (C=O) groups is 1. The fraction of sp³-hybridized carbons (Fsp3) is 0.143. The quantitative estimate of drug-likeness (QED) is 0.659. The van der Waals surface area contributed by atoms with Crippen LogP contribution in [0.4, 0.5) is 0 Å². The lowest BCUT2D eigenvalue weighted by Crippen LogP contribution is -2.11. The van der Waals surface area contributed by atoms with Gasteiger partial charge < -0.3 is 5.73 Å². The average Bonchev–Trinajstić information content (AvgIpc) is 2.50. The molecule has 0 saturated heterocycles. The monoisotopic (exact) mass is 166 g/mol. The van der Waals surface area contributed by atoms with Gasteiger partial charge in [0.05, 0.1) is 17.0 Å². The second-order valence-corrected chi connectivity index (χ2v) is 2.85. The second kappa shape index (κ2) is 3.28. The van der Waals surface area contributed by atoms with E-state index in [9.17, 15) is 4.79 Å². The molecule has 1 rings (SSSR count). The van der Waals surface area contributed by atoms with Gasteiger partial charge in [-0.3, -0.25) is 4.79 Å².